The zero-order chi connectivity index (χ0) is 17.6. The van der Waals surface area contributed by atoms with Crippen LogP contribution in [0.4, 0.5) is 0 Å². The van der Waals surface area contributed by atoms with Gasteiger partial charge in [0.1, 0.15) is 0 Å². The fraction of sp³-hybridized carbons (Fsp3) is 0.947. The van der Waals surface area contributed by atoms with E-state index in [0.29, 0.717) is 12.0 Å². The van der Waals surface area contributed by atoms with Crippen LogP contribution in [0.15, 0.2) is 4.99 Å². The molecule has 2 fully saturated rings. The number of aliphatic imine (C=N–C) groups is 1. The Labute approximate surface area is 148 Å². The van der Waals surface area contributed by atoms with Crippen LogP contribution in [-0.2, 0) is 4.74 Å². The zero-order valence-electron chi connectivity index (χ0n) is 16.4. The Morgan fingerprint density at radius 1 is 1.17 bits per heavy atom. The number of rotatable bonds is 4. The van der Waals surface area contributed by atoms with Crippen molar-refractivity contribution in [3.8, 4) is 0 Å². The minimum absolute atomic E-state index is 0.191. The first-order valence-electron chi connectivity index (χ1n) is 9.65. The van der Waals surface area contributed by atoms with E-state index in [1.54, 1.807) is 0 Å². The van der Waals surface area contributed by atoms with Crippen LogP contribution in [-0.4, -0.2) is 63.8 Å². The predicted octanol–water partition coefficient (Wildman–Crippen LogP) is 2.33. The lowest BCUT2D eigenvalue weighted by atomic mass is 9.78. The molecule has 0 aromatic rings. The summed E-state index contributed by atoms with van der Waals surface area (Å²) in [5.74, 6) is 2.21. The maximum Gasteiger partial charge on any atom is 0.190 e. The van der Waals surface area contributed by atoms with Gasteiger partial charge in [0, 0.05) is 39.2 Å². The number of nitrogens with zero attached hydrogens (tertiary/aromatic N) is 2. The number of likely N-dealkylation sites (tertiary alicyclic amines) is 1. The molecular weight excluding hydrogens is 300 g/mol. The lowest BCUT2D eigenvalue weighted by Gasteiger charge is -2.40. The normalized spacial score (nSPS) is 30.2. The van der Waals surface area contributed by atoms with Crippen molar-refractivity contribution in [2.45, 2.75) is 52.6 Å². The molecule has 0 aromatic heterocycles. The highest BCUT2D eigenvalue weighted by Gasteiger charge is 2.35. The fourth-order valence-corrected chi connectivity index (χ4v) is 4.14. The van der Waals surface area contributed by atoms with Crippen molar-refractivity contribution in [1.82, 2.24) is 15.5 Å². The van der Waals surface area contributed by atoms with Gasteiger partial charge in [-0.05, 0) is 50.6 Å². The third-order valence-corrected chi connectivity index (χ3v) is 5.33. The van der Waals surface area contributed by atoms with E-state index >= 15 is 0 Å². The fourth-order valence-electron chi connectivity index (χ4n) is 4.14. The maximum absolute atomic E-state index is 6.08. The van der Waals surface area contributed by atoms with E-state index in [1.165, 1.54) is 38.8 Å². The first kappa shape index (κ1) is 19.5. The third kappa shape index (κ3) is 5.92. The van der Waals surface area contributed by atoms with Crippen LogP contribution in [0, 0.1) is 17.3 Å². The van der Waals surface area contributed by atoms with Crippen molar-refractivity contribution < 1.29 is 4.74 Å². The quantitative estimate of drug-likeness (QED) is 0.610. The van der Waals surface area contributed by atoms with Gasteiger partial charge in [0.15, 0.2) is 5.96 Å². The number of piperidine rings is 1. The molecule has 2 rings (SSSR count). The van der Waals surface area contributed by atoms with Gasteiger partial charge in [0.2, 0.25) is 0 Å². The van der Waals surface area contributed by atoms with E-state index in [1.807, 2.05) is 7.05 Å². The Morgan fingerprint density at radius 3 is 2.58 bits per heavy atom. The van der Waals surface area contributed by atoms with E-state index in [2.05, 4.69) is 48.3 Å². The molecule has 24 heavy (non-hydrogen) atoms. The average molecular weight is 339 g/mol. The van der Waals surface area contributed by atoms with E-state index in [-0.39, 0.29) is 5.41 Å². The SMILES string of the molecule is CN=C(NCC1CCCN(C)C1)NCC1CCCOC1C(C)(C)C. The molecule has 0 radical (unpaired) electrons. The molecule has 2 saturated heterocycles. The van der Waals surface area contributed by atoms with Gasteiger partial charge in [0.05, 0.1) is 6.10 Å². The van der Waals surface area contributed by atoms with Gasteiger partial charge in [-0.2, -0.15) is 0 Å². The molecule has 5 heteroatoms. The van der Waals surface area contributed by atoms with Gasteiger partial charge in [0.25, 0.3) is 0 Å². The van der Waals surface area contributed by atoms with Crippen molar-refractivity contribution in [3.63, 3.8) is 0 Å². The smallest absolute Gasteiger partial charge is 0.190 e. The first-order valence-corrected chi connectivity index (χ1v) is 9.65. The Bertz CT molecular complexity index is 405. The van der Waals surface area contributed by atoms with Gasteiger partial charge in [-0.25, -0.2) is 0 Å². The molecule has 0 amide bonds. The summed E-state index contributed by atoms with van der Waals surface area (Å²) in [6.45, 7) is 12.1. The van der Waals surface area contributed by atoms with Gasteiger partial charge in [-0.3, -0.25) is 4.99 Å². The summed E-state index contributed by atoms with van der Waals surface area (Å²) in [7, 11) is 4.08. The molecule has 140 valence electrons. The number of hydrogen-bond acceptors (Lipinski definition) is 3. The van der Waals surface area contributed by atoms with Gasteiger partial charge < -0.3 is 20.3 Å². The molecule has 0 saturated carbocycles. The monoisotopic (exact) mass is 338 g/mol. The Hall–Kier alpha value is -0.810. The zero-order valence-corrected chi connectivity index (χ0v) is 16.4. The largest absolute Gasteiger partial charge is 0.377 e. The summed E-state index contributed by atoms with van der Waals surface area (Å²) in [6.07, 6.45) is 5.35. The summed E-state index contributed by atoms with van der Waals surface area (Å²) in [5, 5.41) is 7.06. The summed E-state index contributed by atoms with van der Waals surface area (Å²) in [6, 6.07) is 0. The van der Waals surface area contributed by atoms with Gasteiger partial charge in [-0.15, -0.1) is 0 Å². The number of hydrogen-bond donors (Lipinski definition) is 2. The standard InChI is InChI=1S/C19H38N4O/c1-19(2,3)17-16(9-7-11-24-17)13-22-18(20-4)21-12-15-8-6-10-23(5)14-15/h15-17H,6-14H2,1-5H3,(H2,20,21,22). The minimum atomic E-state index is 0.191. The molecule has 3 unspecified atom stereocenters. The van der Waals surface area contributed by atoms with Crippen molar-refractivity contribution in [2.75, 3.05) is 46.9 Å². The lowest BCUT2D eigenvalue weighted by Crippen LogP contribution is -2.48. The molecule has 0 bridgehead atoms. The molecule has 2 aliphatic rings. The molecular formula is C19H38N4O. The van der Waals surface area contributed by atoms with Gasteiger partial charge >= 0.3 is 0 Å². The van der Waals surface area contributed by atoms with Crippen molar-refractivity contribution in [1.29, 1.82) is 0 Å². The van der Waals surface area contributed by atoms with E-state index in [4.69, 9.17) is 4.74 Å². The maximum atomic E-state index is 6.08. The third-order valence-electron chi connectivity index (χ3n) is 5.33. The number of guanidine groups is 1. The molecule has 2 N–H and O–H groups in total. The molecule has 3 atom stereocenters. The van der Waals surface area contributed by atoms with E-state index in [0.717, 1.165) is 31.6 Å². The lowest BCUT2D eigenvalue weighted by molar-refractivity contribution is -0.0835. The summed E-state index contributed by atoms with van der Waals surface area (Å²) in [4.78, 5) is 6.83. The molecule has 2 heterocycles. The topological polar surface area (TPSA) is 48.9 Å². The molecule has 0 aliphatic carbocycles. The molecule has 0 aromatic carbocycles. The first-order chi connectivity index (χ1) is 11.4. The van der Waals surface area contributed by atoms with Crippen LogP contribution in [0.3, 0.4) is 0 Å². The Morgan fingerprint density at radius 2 is 1.92 bits per heavy atom. The molecule has 2 aliphatic heterocycles. The van der Waals surface area contributed by atoms with Crippen LogP contribution < -0.4 is 10.6 Å². The van der Waals surface area contributed by atoms with Gasteiger partial charge in [-0.1, -0.05) is 20.8 Å². The average Bonchev–Trinajstić information content (AvgIpc) is 2.54. The van der Waals surface area contributed by atoms with Crippen molar-refractivity contribution >= 4 is 5.96 Å². The van der Waals surface area contributed by atoms with Crippen LogP contribution in [0.25, 0.3) is 0 Å². The van der Waals surface area contributed by atoms with E-state index in [9.17, 15) is 0 Å². The summed E-state index contributed by atoms with van der Waals surface area (Å²) < 4.78 is 6.08. The summed E-state index contributed by atoms with van der Waals surface area (Å²) >= 11 is 0. The second-order valence-corrected chi connectivity index (χ2v) is 8.66. The minimum Gasteiger partial charge on any atom is -0.377 e. The van der Waals surface area contributed by atoms with Crippen LogP contribution in [0.5, 0.6) is 0 Å². The Balaban J connectivity index is 1.78. The highest BCUT2D eigenvalue weighted by Crippen LogP contribution is 2.33. The number of ether oxygens (including phenoxy) is 1. The summed E-state index contributed by atoms with van der Waals surface area (Å²) in [5.41, 5.74) is 0.191. The van der Waals surface area contributed by atoms with Crippen LogP contribution in [0.2, 0.25) is 0 Å². The Kier molecular flexibility index (Phi) is 7.35. The van der Waals surface area contributed by atoms with Crippen molar-refractivity contribution in [3.05, 3.63) is 0 Å². The van der Waals surface area contributed by atoms with Crippen LogP contribution >= 0.6 is 0 Å². The molecule has 5 nitrogen and oxygen atoms in total. The van der Waals surface area contributed by atoms with Crippen molar-refractivity contribution in [2.24, 2.45) is 22.2 Å². The highest BCUT2D eigenvalue weighted by molar-refractivity contribution is 5.79. The highest BCUT2D eigenvalue weighted by atomic mass is 16.5. The predicted molar refractivity (Wildman–Crippen MR) is 102 cm³/mol. The number of nitrogens with one attached hydrogen (secondary N) is 2. The second kappa shape index (κ2) is 9.04. The molecule has 0 spiro atoms. The second-order valence-electron chi connectivity index (χ2n) is 8.66. The van der Waals surface area contributed by atoms with E-state index < -0.39 is 0 Å². The van der Waals surface area contributed by atoms with Crippen LogP contribution in [0.1, 0.15) is 46.5 Å².